The van der Waals surface area contributed by atoms with E-state index in [1.807, 2.05) is 0 Å². The lowest BCUT2D eigenvalue weighted by Crippen LogP contribution is -2.30. The average Bonchev–Trinajstić information content (AvgIpc) is 3.48. The standard InChI is InChI=1S/C76H128O6/c1-4-7-10-13-16-19-22-24-26-28-30-32-34-36-38-40-42-44-46-48-50-52-54-57-60-63-66-69-75(78)81-72-73(71-80-74(77)68-65-62-59-56-21-18-15-12-9-6-3)82-76(79)70-67-64-61-58-55-53-51-49-47-45-43-41-39-37-35-33-31-29-27-25-23-20-17-14-11-8-5-2/h7,10,16,19,23-26,29-32,36,38,42,44,48,50,54,57,73H,4-6,8-9,11-15,17-18,20-22,27-28,33-35,37,39-41,43,45-47,49,51-53,55-56,58-72H2,1-3H3/b10-7-,19-16-,25-23-,26-24-,31-29-,32-30-,38-36-,44-42-,50-48-,57-54-. The van der Waals surface area contributed by atoms with E-state index in [1.165, 1.54) is 167 Å². The van der Waals surface area contributed by atoms with Gasteiger partial charge in [0.05, 0.1) is 0 Å². The van der Waals surface area contributed by atoms with Gasteiger partial charge in [0.15, 0.2) is 6.10 Å². The predicted octanol–water partition coefficient (Wildman–Crippen LogP) is 23.9. The lowest BCUT2D eigenvalue weighted by atomic mass is 10.0. The molecule has 468 valence electrons. The van der Waals surface area contributed by atoms with Crippen LogP contribution in [-0.2, 0) is 28.6 Å². The van der Waals surface area contributed by atoms with Crippen molar-refractivity contribution < 1.29 is 28.6 Å². The largest absolute Gasteiger partial charge is 0.462 e. The SMILES string of the molecule is CC/C=C\C/C=C\C/C=C\C/C=C\C/C=C\C/C=C\C/C=C\C/C=C\CCCCC(=O)OCC(COC(=O)CCCCCCCCCCCC)OC(=O)CCCCCCCCCCCCCCCCC/C=C\C/C=C\CCCCCCC. The van der Waals surface area contributed by atoms with Crippen LogP contribution in [0.4, 0.5) is 0 Å². The van der Waals surface area contributed by atoms with E-state index >= 15 is 0 Å². The number of ether oxygens (including phenoxy) is 3. The third-order valence-electron chi connectivity index (χ3n) is 14.7. The average molecular weight is 1140 g/mol. The summed E-state index contributed by atoms with van der Waals surface area (Å²) in [6.45, 7) is 6.49. The number of hydrogen-bond donors (Lipinski definition) is 0. The van der Waals surface area contributed by atoms with Crippen molar-refractivity contribution >= 4 is 17.9 Å². The Morgan fingerprint density at radius 1 is 0.256 bits per heavy atom. The first-order chi connectivity index (χ1) is 40.5. The van der Waals surface area contributed by atoms with Crippen molar-refractivity contribution in [2.45, 2.75) is 329 Å². The summed E-state index contributed by atoms with van der Waals surface area (Å²) >= 11 is 0. The normalized spacial score (nSPS) is 12.9. The van der Waals surface area contributed by atoms with Gasteiger partial charge in [0.1, 0.15) is 13.2 Å². The second-order valence-corrected chi connectivity index (χ2v) is 22.7. The van der Waals surface area contributed by atoms with Gasteiger partial charge in [0, 0.05) is 19.3 Å². The van der Waals surface area contributed by atoms with E-state index in [0.29, 0.717) is 19.3 Å². The third kappa shape index (κ3) is 66.6. The van der Waals surface area contributed by atoms with Crippen LogP contribution in [0, 0.1) is 0 Å². The highest BCUT2D eigenvalue weighted by atomic mass is 16.6. The second-order valence-electron chi connectivity index (χ2n) is 22.7. The Hall–Kier alpha value is -4.19. The molecule has 0 radical (unpaired) electrons. The van der Waals surface area contributed by atoms with Gasteiger partial charge in [-0.05, 0) is 116 Å². The van der Waals surface area contributed by atoms with Gasteiger partial charge in [-0.25, -0.2) is 0 Å². The summed E-state index contributed by atoms with van der Waals surface area (Å²) in [7, 11) is 0. The highest BCUT2D eigenvalue weighted by Gasteiger charge is 2.19. The minimum absolute atomic E-state index is 0.0910. The Kier molecular flexibility index (Phi) is 65.8. The Labute approximate surface area is 507 Å². The maximum Gasteiger partial charge on any atom is 0.306 e. The molecule has 1 unspecified atom stereocenters. The molecule has 1 atom stereocenters. The van der Waals surface area contributed by atoms with Gasteiger partial charge in [-0.2, -0.15) is 0 Å². The van der Waals surface area contributed by atoms with Crippen LogP contribution in [0.1, 0.15) is 323 Å². The van der Waals surface area contributed by atoms with Gasteiger partial charge in [0.25, 0.3) is 0 Å². The fourth-order valence-electron chi connectivity index (χ4n) is 9.55. The minimum atomic E-state index is -0.798. The molecule has 82 heavy (non-hydrogen) atoms. The van der Waals surface area contributed by atoms with E-state index in [1.54, 1.807) is 0 Å². The summed E-state index contributed by atoms with van der Waals surface area (Å²) in [5.41, 5.74) is 0. The van der Waals surface area contributed by atoms with Gasteiger partial charge < -0.3 is 14.2 Å². The summed E-state index contributed by atoms with van der Waals surface area (Å²) in [6, 6.07) is 0. The van der Waals surface area contributed by atoms with Gasteiger partial charge in [-0.3, -0.25) is 14.4 Å². The molecule has 0 aliphatic rings. The van der Waals surface area contributed by atoms with Crippen LogP contribution >= 0.6 is 0 Å². The molecule has 0 aromatic rings. The summed E-state index contributed by atoms with van der Waals surface area (Å²) < 4.78 is 16.9. The number of esters is 3. The van der Waals surface area contributed by atoms with Crippen molar-refractivity contribution in [3.05, 3.63) is 122 Å². The van der Waals surface area contributed by atoms with Crippen molar-refractivity contribution in [2.24, 2.45) is 0 Å². The Morgan fingerprint density at radius 2 is 0.476 bits per heavy atom. The number of carbonyl (C=O) groups excluding carboxylic acids is 3. The van der Waals surface area contributed by atoms with E-state index in [-0.39, 0.29) is 31.1 Å². The molecule has 0 N–H and O–H groups in total. The molecule has 0 aromatic carbocycles. The van der Waals surface area contributed by atoms with E-state index in [2.05, 4.69) is 142 Å². The van der Waals surface area contributed by atoms with Gasteiger partial charge >= 0.3 is 17.9 Å². The summed E-state index contributed by atoms with van der Waals surface area (Å²) in [5.74, 6) is -0.930. The molecule has 0 saturated carbocycles. The second kappa shape index (κ2) is 69.3. The van der Waals surface area contributed by atoms with Crippen LogP contribution in [0.15, 0.2) is 122 Å². The molecule has 0 amide bonds. The van der Waals surface area contributed by atoms with Crippen LogP contribution in [0.2, 0.25) is 0 Å². The number of unbranched alkanes of at least 4 members (excludes halogenated alkanes) is 31. The fourth-order valence-corrected chi connectivity index (χ4v) is 9.55. The first-order valence-electron chi connectivity index (χ1n) is 34.5. The Balaban J connectivity index is 4.30. The van der Waals surface area contributed by atoms with Crippen molar-refractivity contribution in [3.8, 4) is 0 Å². The number of rotatable bonds is 62. The zero-order chi connectivity index (χ0) is 59.2. The van der Waals surface area contributed by atoms with Crippen LogP contribution in [0.5, 0.6) is 0 Å². The molecule has 0 fully saturated rings. The van der Waals surface area contributed by atoms with Crippen molar-refractivity contribution in [2.75, 3.05) is 13.2 Å². The number of carbonyl (C=O) groups is 3. The molecular weight excluding hydrogens is 1010 g/mol. The molecule has 0 aliphatic heterocycles. The van der Waals surface area contributed by atoms with Gasteiger partial charge in [0.2, 0.25) is 0 Å². The molecule has 0 spiro atoms. The lowest BCUT2D eigenvalue weighted by molar-refractivity contribution is -0.167. The van der Waals surface area contributed by atoms with Gasteiger partial charge in [-0.15, -0.1) is 0 Å². The van der Waals surface area contributed by atoms with Crippen LogP contribution < -0.4 is 0 Å². The highest BCUT2D eigenvalue weighted by molar-refractivity contribution is 5.71. The summed E-state index contributed by atoms with van der Waals surface area (Å²) in [5, 5.41) is 0. The minimum Gasteiger partial charge on any atom is -0.462 e. The van der Waals surface area contributed by atoms with E-state index in [4.69, 9.17) is 14.2 Å². The monoisotopic (exact) mass is 1140 g/mol. The topological polar surface area (TPSA) is 78.9 Å². The molecule has 0 bridgehead atoms. The van der Waals surface area contributed by atoms with E-state index in [9.17, 15) is 14.4 Å². The predicted molar refractivity (Wildman–Crippen MR) is 357 cm³/mol. The number of hydrogen-bond acceptors (Lipinski definition) is 6. The molecule has 0 saturated heterocycles. The lowest BCUT2D eigenvalue weighted by Gasteiger charge is -2.18. The van der Waals surface area contributed by atoms with Crippen LogP contribution in [0.25, 0.3) is 0 Å². The van der Waals surface area contributed by atoms with Crippen LogP contribution in [-0.4, -0.2) is 37.2 Å². The maximum absolute atomic E-state index is 12.9. The fraction of sp³-hybridized carbons (Fsp3) is 0.697. The quantitative estimate of drug-likeness (QED) is 0.0261. The molecule has 0 aromatic heterocycles. The van der Waals surface area contributed by atoms with E-state index < -0.39 is 6.10 Å². The zero-order valence-corrected chi connectivity index (χ0v) is 53.7. The molecule has 0 rings (SSSR count). The number of allylic oxidation sites excluding steroid dienone is 20. The van der Waals surface area contributed by atoms with Gasteiger partial charge in [-0.1, -0.05) is 309 Å². The molecule has 6 heteroatoms. The summed E-state index contributed by atoms with van der Waals surface area (Å²) in [4.78, 5) is 38.3. The summed E-state index contributed by atoms with van der Waals surface area (Å²) in [6.07, 6.45) is 96.6. The van der Waals surface area contributed by atoms with Crippen LogP contribution in [0.3, 0.4) is 0 Å². The molecule has 6 nitrogen and oxygen atoms in total. The molecule has 0 aliphatic carbocycles. The molecular formula is C76H128O6. The Bertz CT molecular complexity index is 1690. The van der Waals surface area contributed by atoms with Crippen molar-refractivity contribution in [1.82, 2.24) is 0 Å². The third-order valence-corrected chi connectivity index (χ3v) is 14.7. The Morgan fingerprint density at radius 3 is 0.768 bits per heavy atom. The highest BCUT2D eigenvalue weighted by Crippen LogP contribution is 2.17. The van der Waals surface area contributed by atoms with E-state index in [0.717, 1.165) is 116 Å². The smallest absolute Gasteiger partial charge is 0.306 e. The zero-order valence-electron chi connectivity index (χ0n) is 53.7. The molecule has 0 heterocycles. The van der Waals surface area contributed by atoms with Crippen molar-refractivity contribution in [1.29, 1.82) is 0 Å². The maximum atomic E-state index is 12.9. The first-order valence-corrected chi connectivity index (χ1v) is 34.5. The van der Waals surface area contributed by atoms with Crippen molar-refractivity contribution in [3.63, 3.8) is 0 Å². The first kappa shape index (κ1) is 77.8.